The molecule has 0 heterocycles. The molecule has 0 radical (unpaired) electrons. The van der Waals surface area contributed by atoms with Crippen molar-refractivity contribution in [2.75, 3.05) is 7.11 Å². The molecule has 6 nitrogen and oxygen atoms in total. The van der Waals surface area contributed by atoms with Gasteiger partial charge in [0.1, 0.15) is 18.1 Å². The lowest BCUT2D eigenvalue weighted by atomic mass is 10.1. The Morgan fingerprint density at radius 2 is 1.72 bits per heavy atom. The molecule has 3 aromatic rings. The summed E-state index contributed by atoms with van der Waals surface area (Å²) in [6.07, 6.45) is 1.43. The molecule has 0 saturated heterocycles. The Balaban J connectivity index is 1.73. The van der Waals surface area contributed by atoms with Gasteiger partial charge in [-0.05, 0) is 64.0 Å². The highest BCUT2D eigenvalue weighted by Crippen LogP contribution is 2.27. The molecule has 3 rings (SSSR count). The first-order valence-corrected chi connectivity index (χ1v) is 10.9. The van der Waals surface area contributed by atoms with E-state index in [-0.39, 0.29) is 11.5 Å². The van der Waals surface area contributed by atoms with Crippen molar-refractivity contribution in [2.24, 2.45) is 5.10 Å². The van der Waals surface area contributed by atoms with Crippen LogP contribution in [0.1, 0.15) is 11.1 Å². The zero-order valence-corrected chi connectivity index (χ0v) is 18.0. The minimum atomic E-state index is -3.71. The van der Waals surface area contributed by atoms with Gasteiger partial charge in [-0.25, -0.2) is 4.83 Å². The maximum Gasteiger partial charge on any atom is 0.276 e. The predicted molar refractivity (Wildman–Crippen MR) is 116 cm³/mol. The molecule has 29 heavy (non-hydrogen) atoms. The number of para-hydroxylation sites is 1. The zero-order chi connectivity index (χ0) is 20.7. The van der Waals surface area contributed by atoms with E-state index in [1.54, 1.807) is 37.4 Å². The quantitative estimate of drug-likeness (QED) is 0.388. The second-order valence-corrected chi connectivity index (χ2v) is 8.47. The van der Waals surface area contributed by atoms with E-state index in [1.807, 2.05) is 30.3 Å². The molecule has 8 heteroatoms. The molecule has 0 aliphatic rings. The maximum absolute atomic E-state index is 12.2. The van der Waals surface area contributed by atoms with Gasteiger partial charge in [-0.2, -0.15) is 13.5 Å². The fraction of sp³-hybridized carbons (Fsp3) is 0.0952. The number of nitrogens with zero attached hydrogens (tertiary/aromatic N) is 1. The molecule has 0 aromatic heterocycles. The number of methoxy groups -OCH3 is 1. The number of nitrogens with one attached hydrogen (secondary N) is 1. The Morgan fingerprint density at radius 1 is 1.00 bits per heavy atom. The van der Waals surface area contributed by atoms with Gasteiger partial charge < -0.3 is 9.47 Å². The molecule has 0 atom stereocenters. The van der Waals surface area contributed by atoms with Crippen LogP contribution in [0.25, 0.3) is 0 Å². The summed E-state index contributed by atoms with van der Waals surface area (Å²) in [6, 6.07) is 21.0. The molecule has 0 bridgehead atoms. The molecule has 150 valence electrons. The number of ether oxygens (including phenoxy) is 2. The average Bonchev–Trinajstić information content (AvgIpc) is 2.74. The zero-order valence-electron chi connectivity index (χ0n) is 15.6. The summed E-state index contributed by atoms with van der Waals surface area (Å²) in [7, 11) is -2.12. The van der Waals surface area contributed by atoms with Crippen molar-refractivity contribution in [1.82, 2.24) is 4.83 Å². The van der Waals surface area contributed by atoms with Crippen LogP contribution in [0.15, 0.2) is 87.3 Å². The molecule has 0 unspecified atom stereocenters. The van der Waals surface area contributed by atoms with Gasteiger partial charge in [-0.1, -0.05) is 30.3 Å². The number of halogens is 1. The monoisotopic (exact) mass is 474 g/mol. The fourth-order valence-electron chi connectivity index (χ4n) is 2.53. The van der Waals surface area contributed by atoms with Crippen molar-refractivity contribution in [2.45, 2.75) is 11.5 Å². The highest BCUT2D eigenvalue weighted by molar-refractivity contribution is 9.10. The third-order valence-corrected chi connectivity index (χ3v) is 5.86. The SMILES string of the molecule is COc1ccc(/C=N\NS(=O)(=O)c2ccccc2)cc1COc1ccccc1Br. The van der Waals surface area contributed by atoms with Crippen molar-refractivity contribution in [3.63, 3.8) is 0 Å². The first-order valence-electron chi connectivity index (χ1n) is 8.64. The number of benzene rings is 3. The second-order valence-electron chi connectivity index (χ2n) is 5.96. The highest BCUT2D eigenvalue weighted by Gasteiger charge is 2.11. The van der Waals surface area contributed by atoms with Gasteiger partial charge >= 0.3 is 0 Å². The van der Waals surface area contributed by atoms with E-state index in [4.69, 9.17) is 9.47 Å². The van der Waals surface area contributed by atoms with E-state index < -0.39 is 10.0 Å². The van der Waals surface area contributed by atoms with Crippen LogP contribution >= 0.6 is 15.9 Å². The average molecular weight is 475 g/mol. The predicted octanol–water partition coefficient (Wildman–Crippen LogP) is 4.35. The summed E-state index contributed by atoms with van der Waals surface area (Å²) < 4.78 is 36.5. The second kappa shape index (κ2) is 9.58. The van der Waals surface area contributed by atoms with Crippen LogP contribution in [0, 0.1) is 0 Å². The van der Waals surface area contributed by atoms with E-state index in [0.717, 1.165) is 10.0 Å². The van der Waals surface area contributed by atoms with Gasteiger partial charge in [0.15, 0.2) is 0 Å². The maximum atomic E-state index is 12.2. The van der Waals surface area contributed by atoms with Crippen LogP contribution < -0.4 is 14.3 Å². The van der Waals surface area contributed by atoms with Crippen molar-refractivity contribution in [3.05, 3.63) is 88.4 Å². The van der Waals surface area contributed by atoms with Gasteiger partial charge in [0.05, 0.1) is 22.7 Å². The smallest absolute Gasteiger partial charge is 0.276 e. The number of hydrazone groups is 1. The molecule has 0 aliphatic carbocycles. The van der Waals surface area contributed by atoms with Crippen LogP contribution in [0.2, 0.25) is 0 Å². The number of hydrogen-bond acceptors (Lipinski definition) is 5. The highest BCUT2D eigenvalue weighted by atomic mass is 79.9. The molecule has 0 amide bonds. The summed E-state index contributed by atoms with van der Waals surface area (Å²) in [6.45, 7) is 0.281. The van der Waals surface area contributed by atoms with Crippen LogP contribution in [-0.4, -0.2) is 21.7 Å². The first-order chi connectivity index (χ1) is 14.0. The van der Waals surface area contributed by atoms with Crippen LogP contribution in [0.4, 0.5) is 0 Å². The molecular weight excluding hydrogens is 456 g/mol. The lowest BCUT2D eigenvalue weighted by Gasteiger charge is -2.12. The number of rotatable bonds is 8. The normalized spacial score (nSPS) is 11.4. The van der Waals surface area contributed by atoms with E-state index in [2.05, 4.69) is 25.9 Å². The van der Waals surface area contributed by atoms with Crippen molar-refractivity contribution < 1.29 is 17.9 Å². The van der Waals surface area contributed by atoms with Crippen LogP contribution in [0.3, 0.4) is 0 Å². The molecule has 0 aliphatic heterocycles. The third kappa shape index (κ3) is 5.58. The Bertz CT molecular complexity index is 1100. The van der Waals surface area contributed by atoms with Crippen LogP contribution in [0.5, 0.6) is 11.5 Å². The summed E-state index contributed by atoms with van der Waals surface area (Å²) in [5, 5.41) is 3.87. The van der Waals surface area contributed by atoms with E-state index in [1.165, 1.54) is 18.3 Å². The Hall–Kier alpha value is -2.84. The van der Waals surface area contributed by atoms with Crippen molar-refractivity contribution in [1.29, 1.82) is 0 Å². The Labute approximate surface area is 178 Å². The lowest BCUT2D eigenvalue weighted by molar-refractivity contribution is 0.295. The summed E-state index contributed by atoms with van der Waals surface area (Å²) in [5.41, 5.74) is 1.51. The molecule has 0 saturated carbocycles. The molecule has 0 fully saturated rings. The van der Waals surface area contributed by atoms with E-state index in [0.29, 0.717) is 17.1 Å². The first kappa shape index (κ1) is 20.9. The minimum absolute atomic E-state index is 0.148. The molecule has 3 aromatic carbocycles. The lowest BCUT2D eigenvalue weighted by Crippen LogP contribution is -2.18. The van der Waals surface area contributed by atoms with Crippen molar-refractivity contribution >= 4 is 32.2 Å². The van der Waals surface area contributed by atoms with Gasteiger partial charge in [-0.15, -0.1) is 0 Å². The Morgan fingerprint density at radius 3 is 2.45 bits per heavy atom. The van der Waals surface area contributed by atoms with Crippen molar-refractivity contribution in [3.8, 4) is 11.5 Å². The summed E-state index contributed by atoms with van der Waals surface area (Å²) >= 11 is 3.45. The fourth-order valence-corrected chi connectivity index (χ4v) is 3.74. The van der Waals surface area contributed by atoms with E-state index in [9.17, 15) is 8.42 Å². The Kier molecular flexibility index (Phi) is 6.90. The van der Waals surface area contributed by atoms with Gasteiger partial charge in [-0.3, -0.25) is 0 Å². The summed E-state index contributed by atoms with van der Waals surface area (Å²) in [4.78, 5) is 2.36. The molecule has 1 N–H and O–H groups in total. The molecule has 0 spiro atoms. The number of hydrogen-bond donors (Lipinski definition) is 1. The largest absolute Gasteiger partial charge is 0.496 e. The molecular formula is C21H19BrN2O4S. The third-order valence-electron chi connectivity index (χ3n) is 3.96. The van der Waals surface area contributed by atoms with E-state index >= 15 is 0 Å². The summed E-state index contributed by atoms with van der Waals surface area (Å²) in [5.74, 6) is 1.38. The van der Waals surface area contributed by atoms with Gasteiger partial charge in [0, 0.05) is 5.56 Å². The van der Waals surface area contributed by atoms with Crippen LogP contribution in [-0.2, 0) is 16.6 Å². The topological polar surface area (TPSA) is 77.0 Å². The van der Waals surface area contributed by atoms with Gasteiger partial charge in [0.2, 0.25) is 0 Å². The van der Waals surface area contributed by atoms with Gasteiger partial charge in [0.25, 0.3) is 10.0 Å². The standard InChI is InChI=1S/C21H19BrN2O4S/c1-27-20-12-11-16(13-17(20)15-28-21-10-6-5-9-19(21)22)14-23-24-29(25,26)18-7-3-2-4-8-18/h2-14,24H,15H2,1H3/b23-14-. The minimum Gasteiger partial charge on any atom is -0.496 e. The number of sulfonamides is 1.